The van der Waals surface area contributed by atoms with E-state index >= 15 is 0 Å². The summed E-state index contributed by atoms with van der Waals surface area (Å²) in [4.78, 5) is 13.7. The second-order valence-corrected chi connectivity index (χ2v) is 7.84. The third kappa shape index (κ3) is 4.33. The molecule has 9 nitrogen and oxygen atoms in total. The van der Waals surface area contributed by atoms with Crippen LogP contribution in [0.5, 0.6) is 0 Å². The molecule has 0 unspecified atom stereocenters. The number of rotatable bonds is 5. The standard InChI is InChI=1S/C17H20N6O3S/c1-13-11-22(8-9-23(13)17-7-6-14(18-2)10-19-17)27(25,26)21-16-5-3-4-15(12-24)20-16/h3-7,10,13,24H,8-9,11-12H2,1H3,(H,20,21)/t13-/m0/s1. The van der Waals surface area contributed by atoms with Crippen molar-refractivity contribution in [2.24, 2.45) is 0 Å². The largest absolute Gasteiger partial charge is 0.390 e. The third-order valence-electron chi connectivity index (χ3n) is 4.29. The predicted octanol–water partition coefficient (Wildman–Crippen LogP) is 1.39. The number of hydrogen-bond acceptors (Lipinski definition) is 6. The summed E-state index contributed by atoms with van der Waals surface area (Å²) in [6.07, 6.45) is 1.51. The second-order valence-electron chi connectivity index (χ2n) is 6.17. The average Bonchev–Trinajstić information content (AvgIpc) is 2.68. The van der Waals surface area contributed by atoms with Crippen LogP contribution in [0.15, 0.2) is 36.5 Å². The summed E-state index contributed by atoms with van der Waals surface area (Å²) in [5, 5.41) is 9.14. The number of aliphatic hydroxyl groups is 1. The number of nitrogens with zero attached hydrogens (tertiary/aromatic N) is 5. The Morgan fingerprint density at radius 1 is 1.33 bits per heavy atom. The Morgan fingerprint density at radius 3 is 2.78 bits per heavy atom. The lowest BCUT2D eigenvalue weighted by Gasteiger charge is -2.39. The molecule has 142 valence electrons. The molecule has 0 spiro atoms. The van der Waals surface area contributed by atoms with Gasteiger partial charge >= 0.3 is 10.2 Å². The molecular formula is C17H20N6O3S. The number of anilines is 2. The molecular weight excluding hydrogens is 368 g/mol. The maximum atomic E-state index is 12.7. The summed E-state index contributed by atoms with van der Waals surface area (Å²) >= 11 is 0. The van der Waals surface area contributed by atoms with Crippen molar-refractivity contribution in [2.75, 3.05) is 29.3 Å². The summed E-state index contributed by atoms with van der Waals surface area (Å²) in [5.74, 6) is 0.894. The number of aromatic nitrogens is 2. The van der Waals surface area contributed by atoms with E-state index in [9.17, 15) is 8.42 Å². The molecule has 1 fully saturated rings. The lowest BCUT2D eigenvalue weighted by molar-refractivity contribution is 0.277. The van der Waals surface area contributed by atoms with E-state index in [2.05, 4.69) is 19.5 Å². The van der Waals surface area contributed by atoms with Crippen molar-refractivity contribution in [2.45, 2.75) is 19.6 Å². The minimum absolute atomic E-state index is 0.0849. The van der Waals surface area contributed by atoms with Crippen LogP contribution >= 0.6 is 0 Å². The lowest BCUT2D eigenvalue weighted by atomic mass is 10.2. The second kappa shape index (κ2) is 7.87. The Labute approximate surface area is 158 Å². The summed E-state index contributed by atoms with van der Waals surface area (Å²) in [5.41, 5.74) is 0.858. The van der Waals surface area contributed by atoms with Gasteiger partial charge in [0.05, 0.1) is 18.9 Å². The number of aliphatic hydroxyl groups excluding tert-OH is 1. The number of piperazine rings is 1. The van der Waals surface area contributed by atoms with E-state index in [-0.39, 0.29) is 18.5 Å². The molecule has 0 aliphatic carbocycles. The highest BCUT2D eigenvalue weighted by atomic mass is 32.2. The monoisotopic (exact) mass is 388 g/mol. The van der Waals surface area contributed by atoms with Crippen LogP contribution < -0.4 is 9.62 Å². The minimum atomic E-state index is -3.76. The quantitative estimate of drug-likeness (QED) is 0.751. The Balaban J connectivity index is 1.69. The molecule has 27 heavy (non-hydrogen) atoms. The first-order chi connectivity index (χ1) is 12.9. The van der Waals surface area contributed by atoms with Gasteiger partial charge in [-0.15, -0.1) is 0 Å². The zero-order valence-corrected chi connectivity index (χ0v) is 15.6. The Bertz CT molecular complexity index is 942. The zero-order chi connectivity index (χ0) is 19.4. The Hall–Kier alpha value is -2.74. The van der Waals surface area contributed by atoms with Gasteiger partial charge in [-0.2, -0.15) is 12.7 Å². The van der Waals surface area contributed by atoms with Gasteiger partial charge in [-0.05, 0) is 25.1 Å². The molecule has 2 aromatic heterocycles. The number of pyridine rings is 2. The molecule has 1 aliphatic heterocycles. The molecule has 1 saturated heterocycles. The van der Waals surface area contributed by atoms with Gasteiger partial charge in [0.1, 0.15) is 11.6 Å². The molecule has 1 atom stereocenters. The van der Waals surface area contributed by atoms with E-state index in [4.69, 9.17) is 11.7 Å². The fourth-order valence-electron chi connectivity index (χ4n) is 2.92. The van der Waals surface area contributed by atoms with Crippen molar-refractivity contribution < 1.29 is 13.5 Å². The molecule has 1 aliphatic rings. The normalized spacial score (nSPS) is 18.1. The molecule has 0 amide bonds. The predicted molar refractivity (Wildman–Crippen MR) is 102 cm³/mol. The molecule has 3 rings (SSSR count). The molecule has 0 saturated carbocycles. The third-order valence-corrected chi connectivity index (χ3v) is 5.77. The van der Waals surface area contributed by atoms with Crippen molar-refractivity contribution >= 4 is 27.5 Å². The minimum Gasteiger partial charge on any atom is -0.390 e. The van der Waals surface area contributed by atoms with Gasteiger partial charge < -0.3 is 10.0 Å². The maximum absolute atomic E-state index is 12.7. The van der Waals surface area contributed by atoms with Crippen LogP contribution in [0.25, 0.3) is 4.85 Å². The van der Waals surface area contributed by atoms with Crippen LogP contribution in [0, 0.1) is 6.57 Å². The number of hydrogen-bond donors (Lipinski definition) is 2. The van der Waals surface area contributed by atoms with Gasteiger partial charge in [0.2, 0.25) is 5.69 Å². The van der Waals surface area contributed by atoms with Crippen LogP contribution in [0.1, 0.15) is 12.6 Å². The maximum Gasteiger partial charge on any atom is 0.302 e. The van der Waals surface area contributed by atoms with Crippen molar-refractivity contribution in [3.63, 3.8) is 0 Å². The van der Waals surface area contributed by atoms with E-state index in [1.54, 1.807) is 30.3 Å². The highest BCUT2D eigenvalue weighted by molar-refractivity contribution is 7.90. The van der Waals surface area contributed by atoms with Gasteiger partial charge in [-0.3, -0.25) is 9.71 Å². The van der Waals surface area contributed by atoms with Gasteiger partial charge in [0.25, 0.3) is 0 Å². The zero-order valence-electron chi connectivity index (χ0n) is 14.8. The molecule has 2 aromatic rings. The van der Waals surface area contributed by atoms with Crippen molar-refractivity contribution in [3.8, 4) is 0 Å². The lowest BCUT2D eigenvalue weighted by Crippen LogP contribution is -2.55. The topological polar surface area (TPSA) is 103 Å². The van der Waals surface area contributed by atoms with Crippen molar-refractivity contribution in [1.29, 1.82) is 0 Å². The summed E-state index contributed by atoms with van der Waals surface area (Å²) in [6.45, 7) is 9.72. The first-order valence-electron chi connectivity index (χ1n) is 8.38. The summed E-state index contributed by atoms with van der Waals surface area (Å²) in [6, 6.07) is 8.18. The molecule has 0 radical (unpaired) electrons. The van der Waals surface area contributed by atoms with Crippen molar-refractivity contribution in [1.82, 2.24) is 14.3 Å². The van der Waals surface area contributed by atoms with Gasteiger partial charge in [-0.25, -0.2) is 9.83 Å². The van der Waals surface area contributed by atoms with Gasteiger partial charge in [0, 0.05) is 31.9 Å². The molecule has 3 heterocycles. The molecule has 10 heteroatoms. The summed E-state index contributed by atoms with van der Waals surface area (Å²) in [7, 11) is -3.76. The van der Waals surface area contributed by atoms with E-state index in [1.165, 1.54) is 10.5 Å². The fraction of sp³-hybridized carbons (Fsp3) is 0.353. The van der Waals surface area contributed by atoms with E-state index in [0.717, 1.165) is 5.82 Å². The molecule has 0 aromatic carbocycles. The Kier molecular flexibility index (Phi) is 5.55. The SMILES string of the molecule is [C-]#[N+]c1ccc(N2CCN(S(=O)(=O)Nc3cccc(CO)n3)C[C@@H]2C)nc1. The van der Waals surface area contributed by atoms with Gasteiger partial charge in [-0.1, -0.05) is 12.1 Å². The van der Waals surface area contributed by atoms with E-state index in [0.29, 0.717) is 31.0 Å². The fourth-order valence-corrected chi connectivity index (χ4v) is 4.16. The van der Waals surface area contributed by atoms with E-state index in [1.807, 2.05) is 11.8 Å². The van der Waals surface area contributed by atoms with E-state index < -0.39 is 10.2 Å². The van der Waals surface area contributed by atoms with Crippen LogP contribution in [0.4, 0.5) is 17.3 Å². The van der Waals surface area contributed by atoms with Crippen LogP contribution in [0.2, 0.25) is 0 Å². The van der Waals surface area contributed by atoms with Crippen molar-refractivity contribution in [3.05, 3.63) is 53.6 Å². The first-order valence-corrected chi connectivity index (χ1v) is 9.82. The summed E-state index contributed by atoms with van der Waals surface area (Å²) < 4.78 is 29.2. The smallest absolute Gasteiger partial charge is 0.302 e. The molecule has 0 bridgehead atoms. The van der Waals surface area contributed by atoms with Crippen LogP contribution in [-0.4, -0.2) is 53.5 Å². The highest BCUT2D eigenvalue weighted by Gasteiger charge is 2.32. The van der Waals surface area contributed by atoms with Gasteiger partial charge in [0.15, 0.2) is 0 Å². The average molecular weight is 388 g/mol. The Morgan fingerprint density at radius 2 is 2.15 bits per heavy atom. The molecule has 2 N–H and O–H groups in total. The first kappa shape index (κ1) is 19.0. The highest BCUT2D eigenvalue weighted by Crippen LogP contribution is 2.22. The number of nitrogens with one attached hydrogen (secondary N) is 1. The van der Waals surface area contributed by atoms with Crippen LogP contribution in [0.3, 0.4) is 0 Å². The van der Waals surface area contributed by atoms with Crippen LogP contribution in [-0.2, 0) is 16.8 Å².